The molecule has 0 amide bonds. The number of benzene rings is 1. The van der Waals surface area contributed by atoms with Crippen molar-refractivity contribution in [1.29, 1.82) is 0 Å². The fourth-order valence-corrected chi connectivity index (χ4v) is 2.59. The highest BCUT2D eigenvalue weighted by Gasteiger charge is 2.23. The summed E-state index contributed by atoms with van der Waals surface area (Å²) in [5.74, 6) is 0.656. The summed E-state index contributed by atoms with van der Waals surface area (Å²) in [4.78, 5) is 0. The van der Waals surface area contributed by atoms with Crippen LogP contribution in [0.2, 0.25) is 5.02 Å². The average Bonchev–Trinajstić information content (AvgIpc) is 2.74. The van der Waals surface area contributed by atoms with Crippen molar-refractivity contribution in [3.63, 3.8) is 0 Å². The van der Waals surface area contributed by atoms with Crippen LogP contribution in [0.1, 0.15) is 42.9 Å². The standard InChI is InChI=1S/C13H18ClN.ClH/c1-9-6-7-11(8-12(9)14)13(15)10-4-2-3-5-10;/h6-8,10,13H,2-5,15H2,1H3;1H/t13-;/m0./s1. The largest absolute Gasteiger partial charge is 0.324 e. The molecule has 0 heterocycles. The summed E-state index contributed by atoms with van der Waals surface area (Å²) in [6, 6.07) is 6.38. The van der Waals surface area contributed by atoms with E-state index in [2.05, 4.69) is 12.1 Å². The first-order chi connectivity index (χ1) is 7.18. The van der Waals surface area contributed by atoms with E-state index in [1.54, 1.807) is 0 Å². The van der Waals surface area contributed by atoms with Gasteiger partial charge in [0.05, 0.1) is 0 Å². The molecule has 1 atom stereocenters. The van der Waals surface area contributed by atoms with Gasteiger partial charge in [0.15, 0.2) is 0 Å². The van der Waals surface area contributed by atoms with Crippen molar-refractivity contribution in [3.05, 3.63) is 34.3 Å². The Bertz CT molecular complexity index is 346. The van der Waals surface area contributed by atoms with Gasteiger partial charge in [0.2, 0.25) is 0 Å². The van der Waals surface area contributed by atoms with Crippen LogP contribution >= 0.6 is 24.0 Å². The lowest BCUT2D eigenvalue weighted by Crippen LogP contribution is -2.19. The van der Waals surface area contributed by atoms with Crippen LogP contribution < -0.4 is 5.73 Å². The first-order valence-corrected chi connectivity index (χ1v) is 6.08. The molecule has 1 fully saturated rings. The highest BCUT2D eigenvalue weighted by atomic mass is 35.5. The average molecular weight is 260 g/mol. The van der Waals surface area contributed by atoms with E-state index in [9.17, 15) is 0 Å². The number of hydrogen-bond acceptors (Lipinski definition) is 1. The normalized spacial score (nSPS) is 18.2. The number of halogens is 2. The highest BCUT2D eigenvalue weighted by Crippen LogP contribution is 2.35. The van der Waals surface area contributed by atoms with Gasteiger partial charge in [-0.3, -0.25) is 0 Å². The molecule has 16 heavy (non-hydrogen) atoms. The van der Waals surface area contributed by atoms with Crippen LogP contribution in [0.5, 0.6) is 0 Å². The Morgan fingerprint density at radius 2 is 1.94 bits per heavy atom. The second kappa shape index (κ2) is 5.90. The van der Waals surface area contributed by atoms with Gasteiger partial charge in [0.1, 0.15) is 0 Å². The Morgan fingerprint density at radius 1 is 1.31 bits per heavy atom. The van der Waals surface area contributed by atoms with Crippen LogP contribution in [0.3, 0.4) is 0 Å². The maximum absolute atomic E-state index is 6.26. The summed E-state index contributed by atoms with van der Waals surface area (Å²) in [6.45, 7) is 2.02. The second-order valence-corrected chi connectivity index (χ2v) is 4.99. The molecule has 0 aromatic heterocycles. The van der Waals surface area contributed by atoms with E-state index >= 15 is 0 Å². The third-order valence-electron chi connectivity index (χ3n) is 3.49. The molecule has 1 aromatic rings. The molecule has 0 aliphatic heterocycles. The van der Waals surface area contributed by atoms with Crippen molar-refractivity contribution in [3.8, 4) is 0 Å². The topological polar surface area (TPSA) is 26.0 Å². The molecule has 1 aliphatic rings. The van der Waals surface area contributed by atoms with Crippen molar-refractivity contribution >= 4 is 24.0 Å². The third kappa shape index (κ3) is 2.91. The number of rotatable bonds is 2. The Hall–Kier alpha value is -0.240. The minimum absolute atomic E-state index is 0. The smallest absolute Gasteiger partial charge is 0.0438 e. The quantitative estimate of drug-likeness (QED) is 0.844. The lowest BCUT2D eigenvalue weighted by molar-refractivity contribution is 0.445. The van der Waals surface area contributed by atoms with E-state index < -0.39 is 0 Å². The van der Waals surface area contributed by atoms with Gasteiger partial charge in [-0.1, -0.05) is 36.6 Å². The molecule has 0 unspecified atom stereocenters. The summed E-state index contributed by atoms with van der Waals surface area (Å²) < 4.78 is 0. The molecule has 1 aliphatic carbocycles. The second-order valence-electron chi connectivity index (χ2n) is 4.58. The molecule has 0 radical (unpaired) electrons. The molecule has 0 spiro atoms. The summed E-state index contributed by atoms with van der Waals surface area (Å²) in [5.41, 5.74) is 8.58. The minimum Gasteiger partial charge on any atom is -0.324 e. The maximum atomic E-state index is 6.26. The molecule has 3 heteroatoms. The predicted octanol–water partition coefficient (Wildman–Crippen LogP) is 4.26. The molecule has 1 nitrogen and oxygen atoms in total. The van der Waals surface area contributed by atoms with Crippen molar-refractivity contribution in [2.75, 3.05) is 0 Å². The fraction of sp³-hybridized carbons (Fsp3) is 0.538. The van der Waals surface area contributed by atoms with Gasteiger partial charge >= 0.3 is 0 Å². The zero-order valence-electron chi connectivity index (χ0n) is 9.58. The fourth-order valence-electron chi connectivity index (χ4n) is 2.41. The Kier molecular flexibility index (Phi) is 5.10. The van der Waals surface area contributed by atoms with Gasteiger partial charge in [-0.05, 0) is 42.9 Å². The van der Waals surface area contributed by atoms with Crippen LogP contribution in [0, 0.1) is 12.8 Å². The van der Waals surface area contributed by atoms with Crippen LogP contribution in [-0.4, -0.2) is 0 Å². The van der Waals surface area contributed by atoms with E-state index in [0.717, 1.165) is 10.6 Å². The lowest BCUT2D eigenvalue weighted by atomic mass is 9.92. The van der Waals surface area contributed by atoms with Crippen molar-refractivity contribution < 1.29 is 0 Å². The predicted molar refractivity (Wildman–Crippen MR) is 72.3 cm³/mol. The van der Waals surface area contributed by atoms with E-state index in [4.69, 9.17) is 17.3 Å². The van der Waals surface area contributed by atoms with Gasteiger partial charge in [-0.15, -0.1) is 12.4 Å². The Balaban J connectivity index is 0.00000128. The van der Waals surface area contributed by atoms with Crippen molar-refractivity contribution in [2.24, 2.45) is 11.7 Å². The van der Waals surface area contributed by atoms with E-state index in [0.29, 0.717) is 5.92 Å². The highest BCUT2D eigenvalue weighted by molar-refractivity contribution is 6.31. The van der Waals surface area contributed by atoms with Crippen LogP contribution in [-0.2, 0) is 0 Å². The lowest BCUT2D eigenvalue weighted by Gasteiger charge is -2.19. The van der Waals surface area contributed by atoms with Crippen LogP contribution in [0.25, 0.3) is 0 Å². The molecule has 2 N–H and O–H groups in total. The Labute approximate surface area is 109 Å². The summed E-state index contributed by atoms with van der Waals surface area (Å²) in [6.07, 6.45) is 5.20. The monoisotopic (exact) mass is 259 g/mol. The first kappa shape index (κ1) is 13.8. The van der Waals surface area contributed by atoms with E-state index in [1.165, 1.54) is 31.2 Å². The first-order valence-electron chi connectivity index (χ1n) is 5.70. The summed E-state index contributed by atoms with van der Waals surface area (Å²) in [5, 5.41) is 0.834. The van der Waals surface area contributed by atoms with E-state index in [-0.39, 0.29) is 18.4 Å². The number of aryl methyl sites for hydroxylation is 1. The molecule has 1 aromatic carbocycles. The van der Waals surface area contributed by atoms with Crippen molar-refractivity contribution in [2.45, 2.75) is 38.6 Å². The van der Waals surface area contributed by atoms with Crippen LogP contribution in [0.4, 0.5) is 0 Å². The van der Waals surface area contributed by atoms with Crippen LogP contribution in [0.15, 0.2) is 18.2 Å². The SMILES string of the molecule is Cc1ccc([C@@H](N)C2CCCC2)cc1Cl.Cl. The molecule has 2 rings (SSSR count). The molecule has 1 saturated carbocycles. The number of nitrogens with two attached hydrogens (primary N) is 1. The van der Waals surface area contributed by atoms with Gasteiger partial charge in [0, 0.05) is 11.1 Å². The zero-order chi connectivity index (χ0) is 10.8. The zero-order valence-corrected chi connectivity index (χ0v) is 11.2. The molecular weight excluding hydrogens is 241 g/mol. The van der Waals surface area contributed by atoms with Crippen molar-refractivity contribution in [1.82, 2.24) is 0 Å². The third-order valence-corrected chi connectivity index (χ3v) is 3.90. The summed E-state index contributed by atoms with van der Waals surface area (Å²) in [7, 11) is 0. The maximum Gasteiger partial charge on any atom is 0.0438 e. The van der Waals surface area contributed by atoms with Gasteiger partial charge in [-0.25, -0.2) is 0 Å². The molecular formula is C13H19Cl2N. The minimum atomic E-state index is 0. The molecule has 90 valence electrons. The number of hydrogen-bond donors (Lipinski definition) is 1. The van der Waals surface area contributed by atoms with Gasteiger partial charge < -0.3 is 5.73 Å². The molecule has 0 saturated heterocycles. The Morgan fingerprint density at radius 3 is 2.50 bits per heavy atom. The van der Waals surface area contributed by atoms with Gasteiger partial charge in [0.25, 0.3) is 0 Å². The van der Waals surface area contributed by atoms with E-state index in [1.807, 2.05) is 13.0 Å². The summed E-state index contributed by atoms with van der Waals surface area (Å²) >= 11 is 6.11. The molecule has 0 bridgehead atoms. The van der Waals surface area contributed by atoms with Gasteiger partial charge in [-0.2, -0.15) is 0 Å².